The van der Waals surface area contributed by atoms with Crippen LogP contribution in [-0.2, 0) is 0 Å². The van der Waals surface area contributed by atoms with Gasteiger partial charge in [0.25, 0.3) is 5.91 Å². The Bertz CT molecular complexity index is 798. The predicted octanol–water partition coefficient (Wildman–Crippen LogP) is 2.95. The average Bonchev–Trinajstić information content (AvgIpc) is 2.61. The molecule has 28 heavy (non-hydrogen) atoms. The van der Waals surface area contributed by atoms with Crippen LogP contribution < -0.4 is 10.6 Å². The molecule has 0 aliphatic carbocycles. The predicted molar refractivity (Wildman–Crippen MR) is 108 cm³/mol. The zero-order chi connectivity index (χ0) is 18.7. The van der Waals surface area contributed by atoms with E-state index in [2.05, 4.69) is 15.6 Å². The van der Waals surface area contributed by atoms with Crippen LogP contribution in [0.4, 0.5) is 13.2 Å². The van der Waals surface area contributed by atoms with E-state index in [1.54, 1.807) is 19.1 Å². The van der Waals surface area contributed by atoms with Crippen LogP contribution in [0, 0.1) is 6.92 Å². The first-order valence-electron chi connectivity index (χ1n) is 8.52. The van der Waals surface area contributed by atoms with Gasteiger partial charge in [0, 0.05) is 43.8 Å². The molecule has 3 rings (SSSR count). The summed E-state index contributed by atoms with van der Waals surface area (Å²) in [5.74, 6) is -0.543. The lowest BCUT2D eigenvalue weighted by molar-refractivity contribution is -0.183. The summed E-state index contributed by atoms with van der Waals surface area (Å²) in [5.41, 5.74) is 1.52. The SMILES string of the molecule is Cc1ccc2cccc(C(=O)NCC(N3CCNCC3)C(F)(F)F)c2n1.Cl.Cl. The maximum Gasteiger partial charge on any atom is 0.405 e. The normalized spacial score (nSPS) is 16.0. The summed E-state index contributed by atoms with van der Waals surface area (Å²) in [6.07, 6.45) is -4.40. The molecular weight excluding hydrogens is 416 g/mol. The number of hydrogen-bond donors (Lipinski definition) is 2. The van der Waals surface area contributed by atoms with Gasteiger partial charge in [-0.3, -0.25) is 14.7 Å². The molecule has 0 bridgehead atoms. The third-order valence-corrected chi connectivity index (χ3v) is 4.53. The number of hydrogen-bond acceptors (Lipinski definition) is 4. The maximum atomic E-state index is 13.4. The number of halogens is 5. The molecule has 1 atom stereocenters. The van der Waals surface area contributed by atoms with Gasteiger partial charge in [-0.05, 0) is 19.1 Å². The van der Waals surface area contributed by atoms with Gasteiger partial charge in [-0.15, -0.1) is 24.8 Å². The van der Waals surface area contributed by atoms with Crippen LogP contribution in [0.25, 0.3) is 10.9 Å². The number of carbonyl (C=O) groups is 1. The monoisotopic (exact) mass is 438 g/mol. The third kappa shape index (κ3) is 5.70. The van der Waals surface area contributed by atoms with E-state index in [0.717, 1.165) is 11.1 Å². The molecular formula is C18H23Cl2F3N4O. The molecule has 1 saturated heterocycles. The lowest BCUT2D eigenvalue weighted by Gasteiger charge is -2.35. The van der Waals surface area contributed by atoms with Crippen molar-refractivity contribution in [1.82, 2.24) is 20.5 Å². The molecule has 2 heterocycles. The highest BCUT2D eigenvalue weighted by molar-refractivity contribution is 6.05. The first kappa shape index (κ1) is 24.4. The number of aryl methyl sites for hydroxylation is 1. The molecule has 1 amide bonds. The van der Waals surface area contributed by atoms with Gasteiger partial charge < -0.3 is 10.6 Å². The highest BCUT2D eigenvalue weighted by Gasteiger charge is 2.43. The minimum atomic E-state index is -4.40. The Kier molecular flexibility index (Phi) is 8.94. The number of rotatable bonds is 4. The van der Waals surface area contributed by atoms with E-state index in [9.17, 15) is 18.0 Å². The first-order valence-corrected chi connectivity index (χ1v) is 8.52. The lowest BCUT2D eigenvalue weighted by atomic mass is 10.1. The molecule has 1 aliphatic heterocycles. The number of benzene rings is 1. The van der Waals surface area contributed by atoms with Crippen molar-refractivity contribution in [3.63, 3.8) is 0 Å². The van der Waals surface area contributed by atoms with Crippen molar-refractivity contribution in [2.45, 2.75) is 19.1 Å². The fourth-order valence-corrected chi connectivity index (χ4v) is 3.16. The lowest BCUT2D eigenvalue weighted by Crippen LogP contribution is -2.57. The number of amides is 1. The van der Waals surface area contributed by atoms with Crippen molar-refractivity contribution in [3.8, 4) is 0 Å². The van der Waals surface area contributed by atoms with E-state index in [1.807, 2.05) is 18.2 Å². The van der Waals surface area contributed by atoms with Gasteiger partial charge in [0.1, 0.15) is 6.04 Å². The highest BCUT2D eigenvalue weighted by Crippen LogP contribution is 2.25. The Morgan fingerprint density at radius 3 is 2.54 bits per heavy atom. The topological polar surface area (TPSA) is 57.3 Å². The molecule has 1 aliphatic rings. The number of aromatic nitrogens is 1. The maximum absolute atomic E-state index is 13.4. The second kappa shape index (κ2) is 10.2. The molecule has 1 fully saturated rings. The first-order chi connectivity index (χ1) is 12.4. The summed E-state index contributed by atoms with van der Waals surface area (Å²) >= 11 is 0. The van der Waals surface area contributed by atoms with E-state index in [4.69, 9.17) is 0 Å². The summed E-state index contributed by atoms with van der Waals surface area (Å²) < 4.78 is 40.3. The molecule has 0 radical (unpaired) electrons. The number of nitrogens with zero attached hydrogens (tertiary/aromatic N) is 2. The number of alkyl halides is 3. The van der Waals surface area contributed by atoms with E-state index in [0.29, 0.717) is 31.7 Å². The van der Waals surface area contributed by atoms with Crippen molar-refractivity contribution in [2.75, 3.05) is 32.7 Å². The van der Waals surface area contributed by atoms with Crippen LogP contribution in [-0.4, -0.2) is 60.7 Å². The summed E-state index contributed by atoms with van der Waals surface area (Å²) in [4.78, 5) is 18.3. The van der Waals surface area contributed by atoms with Gasteiger partial charge in [0.05, 0.1) is 11.1 Å². The molecule has 1 aromatic carbocycles. The van der Waals surface area contributed by atoms with Gasteiger partial charge in [0.15, 0.2) is 0 Å². The summed E-state index contributed by atoms with van der Waals surface area (Å²) in [6.45, 7) is 2.94. The number of pyridine rings is 1. The molecule has 0 saturated carbocycles. The Labute approximate surface area is 173 Å². The number of piperazine rings is 1. The number of fused-ring (bicyclic) bond motifs is 1. The Balaban J connectivity index is 0.00000196. The van der Waals surface area contributed by atoms with E-state index < -0.39 is 24.7 Å². The zero-order valence-corrected chi connectivity index (χ0v) is 16.9. The van der Waals surface area contributed by atoms with Crippen LogP contribution >= 0.6 is 24.8 Å². The van der Waals surface area contributed by atoms with Crippen molar-refractivity contribution in [1.29, 1.82) is 0 Å². The van der Waals surface area contributed by atoms with Gasteiger partial charge in [-0.1, -0.05) is 18.2 Å². The van der Waals surface area contributed by atoms with Gasteiger partial charge in [-0.25, -0.2) is 0 Å². The molecule has 1 unspecified atom stereocenters. The van der Waals surface area contributed by atoms with E-state index in [-0.39, 0.29) is 30.4 Å². The molecule has 5 nitrogen and oxygen atoms in total. The van der Waals surface area contributed by atoms with Crippen LogP contribution in [0.15, 0.2) is 30.3 Å². The van der Waals surface area contributed by atoms with E-state index in [1.165, 1.54) is 4.90 Å². The molecule has 0 spiro atoms. The molecule has 10 heteroatoms. The molecule has 156 valence electrons. The minimum Gasteiger partial charge on any atom is -0.350 e. The summed E-state index contributed by atoms with van der Waals surface area (Å²) in [6, 6.07) is 7.07. The van der Waals surface area contributed by atoms with Gasteiger partial charge in [0.2, 0.25) is 0 Å². The standard InChI is InChI=1S/C18H21F3N4O.2ClH/c1-12-5-6-13-3-2-4-14(16(13)24-12)17(26)23-11-15(18(19,20)21)25-9-7-22-8-10-25;;/h2-6,15,22H,7-11H2,1H3,(H,23,26);2*1H. The largest absolute Gasteiger partial charge is 0.405 e. The molecule has 2 aromatic rings. The second-order valence-electron chi connectivity index (χ2n) is 6.38. The quantitative estimate of drug-likeness (QED) is 0.770. The van der Waals surface area contributed by atoms with Crippen molar-refractivity contribution in [2.24, 2.45) is 0 Å². The number of carbonyl (C=O) groups excluding carboxylic acids is 1. The smallest absolute Gasteiger partial charge is 0.350 e. The summed E-state index contributed by atoms with van der Waals surface area (Å²) in [7, 11) is 0. The Hall–Kier alpha value is -1.61. The highest BCUT2D eigenvalue weighted by atomic mass is 35.5. The number of nitrogens with one attached hydrogen (secondary N) is 2. The van der Waals surface area contributed by atoms with E-state index >= 15 is 0 Å². The Morgan fingerprint density at radius 1 is 1.21 bits per heavy atom. The van der Waals surface area contributed by atoms with Crippen molar-refractivity contribution in [3.05, 3.63) is 41.6 Å². The zero-order valence-electron chi connectivity index (χ0n) is 15.3. The average molecular weight is 439 g/mol. The Morgan fingerprint density at radius 2 is 1.89 bits per heavy atom. The molecule has 2 N–H and O–H groups in total. The minimum absolute atomic E-state index is 0. The van der Waals surface area contributed by atoms with Crippen LogP contribution in [0.3, 0.4) is 0 Å². The van der Waals surface area contributed by atoms with Gasteiger partial charge in [-0.2, -0.15) is 13.2 Å². The summed E-state index contributed by atoms with van der Waals surface area (Å²) in [5, 5.41) is 6.26. The fraction of sp³-hybridized carbons (Fsp3) is 0.444. The van der Waals surface area contributed by atoms with Crippen molar-refractivity contribution < 1.29 is 18.0 Å². The second-order valence-corrected chi connectivity index (χ2v) is 6.38. The van der Waals surface area contributed by atoms with Crippen LogP contribution in [0.2, 0.25) is 0 Å². The van der Waals surface area contributed by atoms with Gasteiger partial charge >= 0.3 is 6.18 Å². The fourth-order valence-electron chi connectivity index (χ4n) is 3.16. The number of para-hydroxylation sites is 1. The molecule has 1 aromatic heterocycles. The van der Waals surface area contributed by atoms with Crippen molar-refractivity contribution >= 4 is 41.6 Å². The third-order valence-electron chi connectivity index (χ3n) is 4.53. The van der Waals surface area contributed by atoms with Crippen LogP contribution in [0.5, 0.6) is 0 Å². The van der Waals surface area contributed by atoms with Crippen LogP contribution in [0.1, 0.15) is 16.1 Å².